The number of aromatic amines is 1. The Kier molecular flexibility index (Phi) is 4.31. The molecule has 106 valence electrons. The smallest absolute Gasteiger partial charge is 0.338 e. The Morgan fingerprint density at radius 2 is 2.00 bits per heavy atom. The second kappa shape index (κ2) is 5.40. The zero-order valence-corrected chi connectivity index (χ0v) is 11.5. The third-order valence-electron chi connectivity index (χ3n) is 2.34. The van der Waals surface area contributed by atoms with Crippen molar-refractivity contribution in [1.29, 1.82) is 0 Å². The fraction of sp³-hybridized carbons (Fsp3) is 0.583. The molecule has 0 unspecified atom stereocenters. The van der Waals surface area contributed by atoms with Gasteiger partial charge in [0, 0.05) is 18.3 Å². The zero-order valence-electron chi connectivity index (χ0n) is 11.5. The molecule has 0 amide bonds. The van der Waals surface area contributed by atoms with E-state index in [-0.39, 0.29) is 6.42 Å². The number of ether oxygens (including phenoxy) is 2. The first-order chi connectivity index (χ1) is 8.69. The van der Waals surface area contributed by atoms with Crippen molar-refractivity contribution in [3.05, 3.63) is 18.2 Å². The Morgan fingerprint density at radius 1 is 1.37 bits per heavy atom. The van der Waals surface area contributed by atoms with Crippen LogP contribution in [0.3, 0.4) is 0 Å². The molecular weight excluding hydrogens is 250 g/mol. The van der Waals surface area contributed by atoms with Crippen LogP contribution in [0.2, 0.25) is 0 Å². The first-order valence-electron chi connectivity index (χ1n) is 5.77. The van der Waals surface area contributed by atoms with Crippen LogP contribution in [0.15, 0.2) is 12.5 Å². The average Bonchev–Trinajstić information content (AvgIpc) is 2.78. The number of nitrogens with one attached hydrogen (secondary N) is 1. The molecular formula is C12H19N3O4. The molecule has 1 rings (SSSR count). The van der Waals surface area contributed by atoms with E-state index in [2.05, 4.69) is 14.7 Å². The molecule has 0 radical (unpaired) electrons. The van der Waals surface area contributed by atoms with Gasteiger partial charge < -0.3 is 20.2 Å². The minimum atomic E-state index is -1.89. The third-order valence-corrected chi connectivity index (χ3v) is 2.34. The average molecular weight is 269 g/mol. The largest absolute Gasteiger partial charge is 0.467 e. The summed E-state index contributed by atoms with van der Waals surface area (Å²) in [4.78, 5) is 30.5. The number of hydrogen-bond acceptors (Lipinski definition) is 6. The van der Waals surface area contributed by atoms with Gasteiger partial charge in [-0.1, -0.05) is 0 Å². The summed E-state index contributed by atoms with van der Waals surface area (Å²) in [7, 11) is 1.17. The van der Waals surface area contributed by atoms with Crippen molar-refractivity contribution in [2.75, 3.05) is 7.11 Å². The lowest BCUT2D eigenvalue weighted by molar-refractivity contribution is -0.170. The molecule has 1 aromatic rings. The molecule has 0 saturated heterocycles. The highest BCUT2D eigenvalue weighted by molar-refractivity contribution is 6.05. The summed E-state index contributed by atoms with van der Waals surface area (Å²) in [5.74, 6) is -1.68. The molecule has 1 heterocycles. The standard InChI is InChI=1S/C12H19N3O4/c1-11(2,3)19-10(17)12(13,9(16)18-4)5-8-6-14-7-15-8/h6-7H,5,13H2,1-4H3,(H,14,15)/t12-/m0/s1. The maximum atomic E-state index is 12.1. The van der Waals surface area contributed by atoms with Crippen LogP contribution in [0.5, 0.6) is 0 Å². The predicted molar refractivity (Wildman–Crippen MR) is 67.1 cm³/mol. The van der Waals surface area contributed by atoms with Gasteiger partial charge in [0.25, 0.3) is 0 Å². The lowest BCUT2D eigenvalue weighted by atomic mass is 9.94. The number of carbonyl (C=O) groups is 2. The van der Waals surface area contributed by atoms with Gasteiger partial charge in [0.15, 0.2) is 0 Å². The van der Waals surface area contributed by atoms with Gasteiger partial charge in [-0.2, -0.15) is 0 Å². The van der Waals surface area contributed by atoms with Gasteiger partial charge >= 0.3 is 11.9 Å². The van der Waals surface area contributed by atoms with Crippen molar-refractivity contribution >= 4 is 11.9 Å². The molecule has 0 spiro atoms. The van der Waals surface area contributed by atoms with E-state index in [0.29, 0.717) is 5.69 Å². The van der Waals surface area contributed by atoms with Crippen molar-refractivity contribution in [2.24, 2.45) is 5.73 Å². The molecule has 7 nitrogen and oxygen atoms in total. The topological polar surface area (TPSA) is 107 Å². The van der Waals surface area contributed by atoms with Crippen LogP contribution < -0.4 is 5.73 Å². The summed E-state index contributed by atoms with van der Waals surface area (Å²) in [6, 6.07) is 0. The van der Waals surface area contributed by atoms with E-state index in [1.165, 1.54) is 19.6 Å². The number of aromatic nitrogens is 2. The van der Waals surface area contributed by atoms with E-state index in [0.717, 1.165) is 0 Å². The monoisotopic (exact) mass is 269 g/mol. The number of nitrogens with zero attached hydrogens (tertiary/aromatic N) is 1. The number of methoxy groups -OCH3 is 1. The highest BCUT2D eigenvalue weighted by Crippen LogP contribution is 2.18. The Labute approximate surface area is 111 Å². The molecule has 19 heavy (non-hydrogen) atoms. The molecule has 0 aliphatic carbocycles. The molecule has 7 heteroatoms. The Bertz CT molecular complexity index is 450. The molecule has 1 atom stereocenters. The molecule has 3 N–H and O–H groups in total. The lowest BCUT2D eigenvalue weighted by Crippen LogP contribution is -2.59. The van der Waals surface area contributed by atoms with Crippen LogP contribution >= 0.6 is 0 Å². The van der Waals surface area contributed by atoms with Gasteiger partial charge in [-0.05, 0) is 20.8 Å². The molecule has 0 aliphatic rings. The van der Waals surface area contributed by atoms with Crippen LogP contribution in [0, 0.1) is 0 Å². The van der Waals surface area contributed by atoms with E-state index in [1.807, 2.05) is 0 Å². The van der Waals surface area contributed by atoms with E-state index in [9.17, 15) is 9.59 Å². The number of hydrogen-bond donors (Lipinski definition) is 2. The van der Waals surface area contributed by atoms with Crippen LogP contribution in [0.4, 0.5) is 0 Å². The van der Waals surface area contributed by atoms with Gasteiger partial charge in [-0.25, -0.2) is 14.6 Å². The van der Waals surface area contributed by atoms with E-state index >= 15 is 0 Å². The number of carbonyl (C=O) groups excluding carboxylic acids is 2. The van der Waals surface area contributed by atoms with Gasteiger partial charge in [0.1, 0.15) is 5.60 Å². The minimum Gasteiger partial charge on any atom is -0.467 e. The highest BCUT2D eigenvalue weighted by atomic mass is 16.6. The van der Waals surface area contributed by atoms with Crippen molar-refractivity contribution in [1.82, 2.24) is 9.97 Å². The molecule has 0 bridgehead atoms. The fourth-order valence-corrected chi connectivity index (χ4v) is 1.46. The number of H-pyrrole nitrogens is 1. The summed E-state index contributed by atoms with van der Waals surface area (Å²) in [6.45, 7) is 5.08. The van der Waals surface area contributed by atoms with Crippen LogP contribution in [-0.2, 0) is 25.5 Å². The van der Waals surface area contributed by atoms with Gasteiger partial charge in [0.2, 0.25) is 5.54 Å². The normalized spacial score (nSPS) is 14.6. The molecule has 1 aromatic heterocycles. The van der Waals surface area contributed by atoms with E-state index in [4.69, 9.17) is 10.5 Å². The minimum absolute atomic E-state index is 0.0748. The van der Waals surface area contributed by atoms with Crippen molar-refractivity contribution in [3.63, 3.8) is 0 Å². The number of esters is 2. The summed E-state index contributed by atoms with van der Waals surface area (Å²) >= 11 is 0. The van der Waals surface area contributed by atoms with Crippen molar-refractivity contribution in [2.45, 2.75) is 38.3 Å². The third kappa shape index (κ3) is 3.78. The second-order valence-electron chi connectivity index (χ2n) is 5.22. The fourth-order valence-electron chi connectivity index (χ4n) is 1.46. The van der Waals surface area contributed by atoms with Crippen molar-refractivity contribution in [3.8, 4) is 0 Å². The second-order valence-corrected chi connectivity index (χ2v) is 5.22. The molecule has 0 saturated carbocycles. The quantitative estimate of drug-likeness (QED) is 0.595. The maximum absolute atomic E-state index is 12.1. The molecule has 0 aliphatic heterocycles. The number of nitrogens with two attached hydrogens (primary N) is 1. The van der Waals surface area contributed by atoms with Crippen LogP contribution in [0.1, 0.15) is 26.5 Å². The summed E-state index contributed by atoms with van der Waals surface area (Å²) in [5.41, 5.74) is 3.80. The zero-order chi connectivity index (χ0) is 14.7. The summed E-state index contributed by atoms with van der Waals surface area (Å²) < 4.78 is 9.78. The van der Waals surface area contributed by atoms with Gasteiger partial charge in [-0.15, -0.1) is 0 Å². The van der Waals surface area contributed by atoms with E-state index < -0.39 is 23.1 Å². The Morgan fingerprint density at radius 3 is 2.42 bits per heavy atom. The first-order valence-corrected chi connectivity index (χ1v) is 5.77. The first kappa shape index (κ1) is 15.2. The molecule has 0 fully saturated rings. The highest BCUT2D eigenvalue weighted by Gasteiger charge is 2.46. The van der Waals surface area contributed by atoms with Gasteiger partial charge in [-0.3, -0.25) is 0 Å². The van der Waals surface area contributed by atoms with E-state index in [1.54, 1.807) is 20.8 Å². The summed E-state index contributed by atoms with van der Waals surface area (Å²) in [6.07, 6.45) is 2.84. The predicted octanol–water partition coefficient (Wildman–Crippen LogP) is 0.164. The van der Waals surface area contributed by atoms with Crippen LogP contribution in [0.25, 0.3) is 0 Å². The molecule has 0 aromatic carbocycles. The van der Waals surface area contributed by atoms with Gasteiger partial charge in [0.05, 0.1) is 13.4 Å². The SMILES string of the molecule is COC(=O)[C@@](N)(Cc1cnc[nH]1)C(=O)OC(C)(C)C. The number of imidazole rings is 1. The maximum Gasteiger partial charge on any atom is 0.338 e. The Hall–Kier alpha value is -1.89. The summed E-state index contributed by atoms with van der Waals surface area (Å²) in [5, 5.41) is 0. The lowest BCUT2D eigenvalue weighted by Gasteiger charge is -2.28. The Balaban J connectivity index is 2.99. The number of rotatable bonds is 4. The van der Waals surface area contributed by atoms with Crippen molar-refractivity contribution < 1.29 is 19.1 Å². The van der Waals surface area contributed by atoms with Crippen LogP contribution in [-0.4, -0.2) is 40.2 Å².